The summed E-state index contributed by atoms with van der Waals surface area (Å²) in [5.41, 5.74) is 3.12. The molecule has 188 valence electrons. The summed E-state index contributed by atoms with van der Waals surface area (Å²) >= 11 is 0. The number of amides is 2. The van der Waals surface area contributed by atoms with Gasteiger partial charge < -0.3 is 14.8 Å². The fraction of sp³-hybridized carbons (Fsp3) is 0.185. The Kier molecular flexibility index (Phi) is 6.00. The Balaban J connectivity index is 1.17. The van der Waals surface area contributed by atoms with Gasteiger partial charge in [-0.15, -0.1) is 4.70 Å². The number of azo groups is 2. The van der Waals surface area contributed by atoms with Gasteiger partial charge in [-0.3, -0.25) is 19.4 Å². The van der Waals surface area contributed by atoms with E-state index in [4.69, 9.17) is 0 Å². The summed E-state index contributed by atoms with van der Waals surface area (Å²) in [7, 11) is 0. The molecule has 0 unspecified atom stereocenters. The highest BCUT2D eigenvalue weighted by Crippen LogP contribution is 2.28. The van der Waals surface area contributed by atoms with Crippen LogP contribution >= 0.6 is 0 Å². The van der Waals surface area contributed by atoms with Crippen molar-refractivity contribution >= 4 is 40.1 Å². The molecule has 1 aromatic carbocycles. The molecular formula is C27H23N8O3+. The van der Waals surface area contributed by atoms with Crippen molar-refractivity contribution < 1.29 is 19.1 Å². The number of pyridine rings is 1. The van der Waals surface area contributed by atoms with Crippen LogP contribution in [0.2, 0.25) is 0 Å². The molecule has 0 bridgehead atoms. The number of carbonyl (C=O) groups is 3. The number of hydrogen-bond donors (Lipinski definition) is 1. The third-order valence-electron chi connectivity index (χ3n) is 6.61. The average Bonchev–Trinajstić information content (AvgIpc) is 3.65. The van der Waals surface area contributed by atoms with Crippen LogP contribution in [0.25, 0.3) is 16.7 Å². The van der Waals surface area contributed by atoms with E-state index in [0.29, 0.717) is 42.0 Å². The number of aromatic nitrogens is 4. The van der Waals surface area contributed by atoms with Crippen LogP contribution in [0.5, 0.6) is 0 Å². The lowest BCUT2D eigenvalue weighted by Crippen LogP contribution is -2.52. The van der Waals surface area contributed by atoms with Crippen molar-refractivity contribution in [1.29, 1.82) is 0 Å². The maximum absolute atomic E-state index is 13.2. The Bertz CT molecular complexity index is 1600. The SMILES string of the molecule is O=C(C(=O)N1CCN(C(=O)c2ccccc2)CC1)c1c[nH]c2c([N+]3=NC(c4ccccn4)=CC3)ncnc12. The van der Waals surface area contributed by atoms with Gasteiger partial charge in [0.25, 0.3) is 17.6 Å². The second kappa shape index (κ2) is 9.77. The molecule has 5 heterocycles. The van der Waals surface area contributed by atoms with Gasteiger partial charge in [-0.1, -0.05) is 29.4 Å². The number of piperazine rings is 1. The molecule has 1 saturated heterocycles. The number of carbonyl (C=O) groups excluding carboxylic acids is 3. The van der Waals surface area contributed by atoms with Crippen LogP contribution in [-0.4, -0.2) is 84.8 Å². The summed E-state index contributed by atoms with van der Waals surface area (Å²) < 4.78 is 1.70. The number of nitrogens with one attached hydrogen (secondary N) is 1. The lowest BCUT2D eigenvalue weighted by molar-refractivity contribution is -0.493. The zero-order valence-corrected chi connectivity index (χ0v) is 20.3. The topological polar surface area (TPSA) is 128 Å². The zero-order valence-electron chi connectivity index (χ0n) is 20.3. The Morgan fingerprint density at radius 2 is 1.63 bits per heavy atom. The van der Waals surface area contributed by atoms with Crippen LogP contribution < -0.4 is 0 Å². The van der Waals surface area contributed by atoms with E-state index >= 15 is 0 Å². The molecule has 6 rings (SSSR count). The van der Waals surface area contributed by atoms with Crippen molar-refractivity contribution in [3.8, 4) is 0 Å². The van der Waals surface area contributed by atoms with Crippen molar-refractivity contribution in [2.45, 2.75) is 0 Å². The number of hydrogen-bond acceptors (Lipinski definition) is 7. The monoisotopic (exact) mass is 507 g/mol. The highest BCUT2D eigenvalue weighted by atomic mass is 16.2. The number of ketones is 1. The molecule has 1 fully saturated rings. The Hall–Kier alpha value is -5.06. The second-order valence-electron chi connectivity index (χ2n) is 8.89. The maximum atomic E-state index is 13.2. The first-order valence-corrected chi connectivity index (χ1v) is 12.2. The van der Waals surface area contributed by atoms with Crippen LogP contribution in [0, 0.1) is 0 Å². The average molecular weight is 508 g/mol. The molecule has 1 N–H and O–H groups in total. The van der Waals surface area contributed by atoms with Gasteiger partial charge in [-0.2, -0.15) is 0 Å². The molecule has 11 heteroatoms. The molecule has 2 aliphatic rings. The van der Waals surface area contributed by atoms with Crippen molar-refractivity contribution in [1.82, 2.24) is 29.7 Å². The minimum atomic E-state index is -0.658. The largest absolute Gasteiger partial charge is 0.371 e. The van der Waals surface area contributed by atoms with E-state index in [1.54, 1.807) is 27.9 Å². The van der Waals surface area contributed by atoms with Gasteiger partial charge >= 0.3 is 5.82 Å². The summed E-state index contributed by atoms with van der Waals surface area (Å²) in [6, 6.07) is 14.6. The number of benzene rings is 1. The van der Waals surface area contributed by atoms with E-state index in [1.807, 2.05) is 42.5 Å². The first kappa shape index (κ1) is 23.3. The van der Waals surface area contributed by atoms with Gasteiger partial charge in [0, 0.05) is 44.1 Å². The predicted octanol–water partition coefficient (Wildman–Crippen LogP) is 2.67. The molecule has 0 spiro atoms. The number of aromatic amines is 1. The molecule has 0 radical (unpaired) electrons. The van der Waals surface area contributed by atoms with Crippen molar-refractivity contribution in [3.63, 3.8) is 0 Å². The minimum absolute atomic E-state index is 0.0853. The van der Waals surface area contributed by atoms with Crippen LogP contribution in [0.4, 0.5) is 5.82 Å². The van der Waals surface area contributed by atoms with Gasteiger partial charge in [0.15, 0.2) is 5.52 Å². The van der Waals surface area contributed by atoms with Crippen molar-refractivity contribution in [2.24, 2.45) is 5.11 Å². The lowest BCUT2D eigenvalue weighted by atomic mass is 10.1. The Labute approximate surface area is 217 Å². The van der Waals surface area contributed by atoms with Gasteiger partial charge in [0.05, 0.1) is 11.3 Å². The fourth-order valence-electron chi connectivity index (χ4n) is 4.62. The molecule has 2 aliphatic heterocycles. The Morgan fingerprint density at radius 1 is 0.868 bits per heavy atom. The maximum Gasteiger partial charge on any atom is 0.371 e. The van der Waals surface area contributed by atoms with Crippen molar-refractivity contribution in [3.05, 3.63) is 90.1 Å². The first-order chi connectivity index (χ1) is 18.6. The third-order valence-corrected chi connectivity index (χ3v) is 6.61. The molecular weight excluding hydrogens is 484 g/mol. The molecule has 0 aliphatic carbocycles. The zero-order chi connectivity index (χ0) is 26.1. The number of fused-ring (bicyclic) bond motifs is 1. The van der Waals surface area contributed by atoms with Crippen LogP contribution in [0.1, 0.15) is 26.4 Å². The molecule has 38 heavy (non-hydrogen) atoms. The van der Waals surface area contributed by atoms with Crippen molar-refractivity contribution in [2.75, 3.05) is 32.7 Å². The predicted molar refractivity (Wildman–Crippen MR) is 137 cm³/mol. The number of nitrogens with zero attached hydrogens (tertiary/aromatic N) is 7. The summed E-state index contributed by atoms with van der Waals surface area (Å²) in [5, 5.41) is 4.61. The summed E-state index contributed by atoms with van der Waals surface area (Å²) in [4.78, 5) is 58.2. The standard InChI is InChI=1S/C27H22N8O3/c36-24(27(38)34-14-12-33(13-15-34)26(37)18-6-2-1-3-7-18)19-16-29-23-22(19)30-17-31-25(23)35-11-9-21(32-35)20-8-4-5-10-28-20/h1-10,16-17H,11-15H2/p+1. The van der Waals surface area contributed by atoms with Crippen LogP contribution in [0.15, 0.2) is 78.4 Å². The van der Waals surface area contributed by atoms with Gasteiger partial charge in [0.2, 0.25) is 6.33 Å². The van der Waals surface area contributed by atoms with E-state index in [2.05, 4.69) is 25.1 Å². The van der Waals surface area contributed by atoms with Crippen LogP contribution in [-0.2, 0) is 4.79 Å². The second-order valence-corrected chi connectivity index (χ2v) is 8.89. The molecule has 11 nitrogen and oxygen atoms in total. The van der Waals surface area contributed by atoms with Crippen LogP contribution in [0.3, 0.4) is 0 Å². The molecule has 0 saturated carbocycles. The van der Waals surface area contributed by atoms with E-state index in [-0.39, 0.29) is 24.6 Å². The van der Waals surface area contributed by atoms with Gasteiger partial charge in [-0.25, -0.2) is 4.98 Å². The smallest absolute Gasteiger partial charge is 0.352 e. The fourth-order valence-corrected chi connectivity index (χ4v) is 4.62. The quantitative estimate of drug-likeness (QED) is 0.251. The molecule has 3 aromatic heterocycles. The normalized spacial score (nSPS) is 15.4. The first-order valence-electron chi connectivity index (χ1n) is 12.2. The highest BCUT2D eigenvalue weighted by molar-refractivity contribution is 6.44. The van der Waals surface area contributed by atoms with E-state index in [9.17, 15) is 14.4 Å². The van der Waals surface area contributed by atoms with Gasteiger partial charge in [0.1, 0.15) is 17.8 Å². The summed E-state index contributed by atoms with van der Waals surface area (Å²) in [5.74, 6) is -0.869. The third kappa shape index (κ3) is 4.23. The van der Waals surface area contributed by atoms with Gasteiger partial charge in [-0.05, 0) is 35.3 Å². The van der Waals surface area contributed by atoms with E-state index in [1.165, 1.54) is 17.4 Å². The minimum Gasteiger partial charge on any atom is -0.352 e. The lowest BCUT2D eigenvalue weighted by Gasteiger charge is -2.34. The van der Waals surface area contributed by atoms with E-state index in [0.717, 1.165) is 11.4 Å². The van der Waals surface area contributed by atoms with E-state index < -0.39 is 11.7 Å². The molecule has 2 amide bonds. The molecule has 0 atom stereocenters. The molecule has 4 aromatic rings. The summed E-state index contributed by atoms with van der Waals surface area (Å²) in [6.07, 6.45) is 6.49. The highest BCUT2D eigenvalue weighted by Gasteiger charge is 2.32. The number of Topliss-reactive ketones (excluding diaryl/α,β-unsaturated/α-hetero) is 1. The summed E-state index contributed by atoms with van der Waals surface area (Å²) in [6.45, 7) is 1.75. The number of H-pyrrole nitrogens is 1. The Morgan fingerprint density at radius 3 is 2.39 bits per heavy atom. The number of rotatable bonds is 5.